The first-order chi connectivity index (χ1) is 10.5. The number of carbonyl (C=O) groups excluding carboxylic acids is 2. The molecule has 0 saturated heterocycles. The van der Waals surface area contributed by atoms with Crippen molar-refractivity contribution in [3.05, 3.63) is 35.5 Å². The predicted octanol–water partition coefficient (Wildman–Crippen LogP) is -1.81. The van der Waals surface area contributed by atoms with Crippen LogP contribution in [-0.2, 0) is 16.1 Å². The van der Waals surface area contributed by atoms with Crippen LogP contribution in [0.3, 0.4) is 0 Å². The van der Waals surface area contributed by atoms with E-state index >= 15 is 0 Å². The SMILES string of the molecule is O=C([O-])C1CC(C(=O)NCCn2ccc3cc(Cl)ccc32)C1.[Na+]. The standard InChI is InChI=1S/C16H17ClN2O3.Na/c17-13-1-2-14-10(9-13)3-5-19(14)6-4-18-15(20)11-7-12(8-11)16(21)22;/h1-3,5,9,11-12H,4,6-8H2,(H,18,20)(H,21,22);/q;+1/p-1. The number of benzene rings is 1. The number of nitrogens with zero attached hydrogens (tertiary/aromatic N) is 1. The van der Waals surface area contributed by atoms with Crippen molar-refractivity contribution in [2.45, 2.75) is 19.4 Å². The van der Waals surface area contributed by atoms with Crippen LogP contribution >= 0.6 is 11.6 Å². The van der Waals surface area contributed by atoms with Crippen molar-refractivity contribution in [1.29, 1.82) is 0 Å². The molecule has 116 valence electrons. The van der Waals surface area contributed by atoms with E-state index in [4.69, 9.17) is 11.6 Å². The van der Waals surface area contributed by atoms with Gasteiger partial charge in [-0.1, -0.05) is 11.6 Å². The minimum atomic E-state index is -1.05. The topological polar surface area (TPSA) is 74.2 Å². The molecule has 1 N–H and O–H groups in total. The van der Waals surface area contributed by atoms with E-state index in [1.807, 2.05) is 30.5 Å². The van der Waals surface area contributed by atoms with Crippen LogP contribution in [-0.4, -0.2) is 23.0 Å². The first-order valence-corrected chi connectivity index (χ1v) is 7.65. The number of rotatable bonds is 5. The molecular formula is C16H16ClN2NaO3. The Kier molecular flexibility index (Phi) is 6.14. The van der Waals surface area contributed by atoms with Crippen molar-refractivity contribution in [3.63, 3.8) is 0 Å². The number of halogens is 1. The molecule has 0 aliphatic heterocycles. The van der Waals surface area contributed by atoms with Crippen LogP contribution in [0.15, 0.2) is 30.5 Å². The van der Waals surface area contributed by atoms with Crippen molar-refractivity contribution in [2.75, 3.05) is 6.54 Å². The van der Waals surface area contributed by atoms with E-state index in [0.29, 0.717) is 31.0 Å². The second-order valence-electron chi connectivity index (χ2n) is 5.69. The molecule has 0 radical (unpaired) electrons. The summed E-state index contributed by atoms with van der Waals surface area (Å²) < 4.78 is 2.05. The number of carboxylic acid groups (broad SMARTS) is 1. The largest absolute Gasteiger partial charge is 1.00 e. The zero-order valence-electron chi connectivity index (χ0n) is 12.9. The molecule has 1 aliphatic carbocycles. The van der Waals surface area contributed by atoms with Gasteiger partial charge in [0.15, 0.2) is 0 Å². The zero-order chi connectivity index (χ0) is 15.7. The molecule has 0 spiro atoms. The monoisotopic (exact) mass is 342 g/mol. The van der Waals surface area contributed by atoms with Gasteiger partial charge in [-0.2, -0.15) is 0 Å². The molecule has 1 aromatic carbocycles. The van der Waals surface area contributed by atoms with Crippen LogP contribution in [0, 0.1) is 11.8 Å². The molecule has 1 fully saturated rings. The Morgan fingerprint density at radius 2 is 2.00 bits per heavy atom. The van der Waals surface area contributed by atoms with Gasteiger partial charge in [-0.25, -0.2) is 0 Å². The first kappa shape index (κ1) is 18.3. The van der Waals surface area contributed by atoms with Crippen molar-refractivity contribution >= 4 is 34.4 Å². The smallest absolute Gasteiger partial charge is 0.550 e. The maximum atomic E-state index is 11.9. The maximum Gasteiger partial charge on any atom is 1.00 e. The van der Waals surface area contributed by atoms with E-state index in [2.05, 4.69) is 9.88 Å². The normalized spacial score (nSPS) is 19.7. The Bertz CT molecular complexity index is 725. The fourth-order valence-corrected chi connectivity index (χ4v) is 3.01. The fourth-order valence-electron chi connectivity index (χ4n) is 2.83. The molecule has 1 aliphatic rings. The Balaban J connectivity index is 0.00000192. The van der Waals surface area contributed by atoms with Gasteiger partial charge in [0, 0.05) is 53.0 Å². The molecule has 1 saturated carbocycles. The summed E-state index contributed by atoms with van der Waals surface area (Å²) in [5.74, 6) is -1.78. The van der Waals surface area contributed by atoms with Crippen molar-refractivity contribution in [1.82, 2.24) is 9.88 Å². The molecule has 7 heteroatoms. The second kappa shape index (κ2) is 7.71. The number of nitrogens with one attached hydrogen (secondary N) is 1. The summed E-state index contributed by atoms with van der Waals surface area (Å²) in [4.78, 5) is 22.5. The summed E-state index contributed by atoms with van der Waals surface area (Å²) in [5.41, 5.74) is 1.07. The third kappa shape index (κ3) is 4.10. The zero-order valence-corrected chi connectivity index (χ0v) is 15.7. The minimum absolute atomic E-state index is 0. The number of fused-ring (bicyclic) bond motifs is 1. The Morgan fingerprint density at radius 3 is 2.70 bits per heavy atom. The molecule has 0 unspecified atom stereocenters. The summed E-state index contributed by atoms with van der Waals surface area (Å²) in [5, 5.41) is 15.2. The molecular weight excluding hydrogens is 327 g/mol. The number of aromatic nitrogens is 1. The van der Waals surface area contributed by atoms with Gasteiger partial charge in [0.25, 0.3) is 0 Å². The molecule has 1 heterocycles. The van der Waals surface area contributed by atoms with Crippen molar-refractivity contribution in [3.8, 4) is 0 Å². The van der Waals surface area contributed by atoms with Gasteiger partial charge >= 0.3 is 29.6 Å². The van der Waals surface area contributed by atoms with E-state index < -0.39 is 11.9 Å². The number of hydrogen-bond donors (Lipinski definition) is 1. The van der Waals surface area contributed by atoms with Gasteiger partial charge in [0.05, 0.1) is 0 Å². The fraction of sp³-hybridized carbons (Fsp3) is 0.375. The van der Waals surface area contributed by atoms with E-state index in [0.717, 1.165) is 10.9 Å². The van der Waals surface area contributed by atoms with Crippen LogP contribution in [0.1, 0.15) is 12.8 Å². The number of aliphatic carboxylic acids is 1. The molecule has 0 bridgehead atoms. The molecule has 1 aromatic heterocycles. The molecule has 2 aromatic rings. The molecule has 3 rings (SSSR count). The van der Waals surface area contributed by atoms with Crippen LogP contribution in [0.2, 0.25) is 5.02 Å². The third-order valence-corrected chi connectivity index (χ3v) is 4.46. The van der Waals surface area contributed by atoms with Crippen LogP contribution in [0.4, 0.5) is 0 Å². The first-order valence-electron chi connectivity index (χ1n) is 7.27. The summed E-state index contributed by atoms with van der Waals surface area (Å²) in [6, 6.07) is 7.68. The summed E-state index contributed by atoms with van der Waals surface area (Å²) in [6.07, 6.45) is 2.74. The molecule has 0 atom stereocenters. The molecule has 1 amide bonds. The summed E-state index contributed by atoms with van der Waals surface area (Å²) >= 11 is 5.95. The number of carbonyl (C=O) groups is 2. The van der Waals surface area contributed by atoms with E-state index in [9.17, 15) is 14.7 Å². The van der Waals surface area contributed by atoms with Gasteiger partial charge in [0.2, 0.25) is 5.91 Å². The average Bonchev–Trinajstić information content (AvgIpc) is 2.79. The number of carboxylic acids is 1. The van der Waals surface area contributed by atoms with Gasteiger partial charge in [-0.15, -0.1) is 0 Å². The van der Waals surface area contributed by atoms with Crippen LogP contribution in [0.5, 0.6) is 0 Å². The van der Waals surface area contributed by atoms with Crippen molar-refractivity contribution in [2.24, 2.45) is 11.8 Å². The maximum absolute atomic E-state index is 11.9. The number of hydrogen-bond acceptors (Lipinski definition) is 3. The van der Waals surface area contributed by atoms with E-state index in [1.54, 1.807) is 0 Å². The van der Waals surface area contributed by atoms with Crippen LogP contribution in [0.25, 0.3) is 10.9 Å². The van der Waals surface area contributed by atoms with Crippen LogP contribution < -0.4 is 40.0 Å². The van der Waals surface area contributed by atoms with E-state index in [-0.39, 0.29) is 41.4 Å². The van der Waals surface area contributed by atoms with Crippen molar-refractivity contribution < 1.29 is 44.3 Å². The third-order valence-electron chi connectivity index (χ3n) is 4.23. The average molecular weight is 343 g/mol. The minimum Gasteiger partial charge on any atom is -0.550 e. The van der Waals surface area contributed by atoms with Gasteiger partial charge in [-0.05, 0) is 37.1 Å². The predicted molar refractivity (Wildman–Crippen MR) is 81.2 cm³/mol. The molecule has 23 heavy (non-hydrogen) atoms. The van der Waals surface area contributed by atoms with Gasteiger partial charge in [0.1, 0.15) is 0 Å². The number of amides is 1. The Hall–Kier alpha value is -1.01. The summed E-state index contributed by atoms with van der Waals surface area (Å²) in [6.45, 7) is 1.17. The van der Waals surface area contributed by atoms with Gasteiger partial charge < -0.3 is 19.8 Å². The quantitative estimate of drug-likeness (QED) is 0.651. The Labute approximate surface area is 161 Å². The van der Waals surface area contributed by atoms with E-state index in [1.165, 1.54) is 0 Å². The Morgan fingerprint density at radius 1 is 1.26 bits per heavy atom. The summed E-state index contributed by atoms with van der Waals surface area (Å²) in [7, 11) is 0. The second-order valence-corrected chi connectivity index (χ2v) is 6.12. The van der Waals surface area contributed by atoms with Gasteiger partial charge in [-0.3, -0.25) is 4.79 Å². The molecule has 5 nitrogen and oxygen atoms in total.